The Bertz CT molecular complexity index is 1650. The number of aromatic nitrogens is 2. The van der Waals surface area contributed by atoms with Crippen LogP contribution in [0.25, 0.3) is 44.1 Å². The summed E-state index contributed by atoms with van der Waals surface area (Å²) in [5.74, 6) is 0. The number of rotatable bonds is 2. The highest BCUT2D eigenvalue weighted by atomic mass is 16.1. The van der Waals surface area contributed by atoms with Crippen molar-refractivity contribution in [2.24, 2.45) is 0 Å². The van der Waals surface area contributed by atoms with Crippen LogP contribution in [0.4, 0.5) is 0 Å². The van der Waals surface area contributed by atoms with E-state index in [0.717, 1.165) is 44.1 Å². The summed E-state index contributed by atoms with van der Waals surface area (Å²) in [6.07, 6.45) is 0. The molecule has 0 atom stereocenters. The van der Waals surface area contributed by atoms with Crippen molar-refractivity contribution < 1.29 is 0 Å². The molecule has 2 aromatic heterocycles. The lowest BCUT2D eigenvalue weighted by Gasteiger charge is -2.07. The van der Waals surface area contributed by atoms with Gasteiger partial charge >= 0.3 is 0 Å². The third-order valence-electron chi connectivity index (χ3n) is 6.17. The molecular weight excluding hydrogens is 444 g/mol. The van der Waals surface area contributed by atoms with Crippen molar-refractivity contribution in [3.05, 3.63) is 141 Å². The zero-order valence-electron chi connectivity index (χ0n) is 20.2. The molecule has 4 heteroatoms. The standard InChI is InChI=1S/2C16H13NO/c2*1-11-7-8-15-14(9-11)13(10-16(18)17-15)12-5-3-2-4-6-12/h2*2-10H,1H3,(H,17,18). The van der Waals surface area contributed by atoms with E-state index in [4.69, 9.17) is 0 Å². The summed E-state index contributed by atoms with van der Waals surface area (Å²) < 4.78 is 0. The molecule has 0 fully saturated rings. The Morgan fingerprint density at radius 3 is 1.25 bits per heavy atom. The highest BCUT2D eigenvalue weighted by Crippen LogP contribution is 2.27. The molecule has 176 valence electrons. The largest absolute Gasteiger partial charge is 0.322 e. The summed E-state index contributed by atoms with van der Waals surface area (Å²) in [5, 5.41) is 2.17. The number of benzene rings is 4. The molecule has 0 bridgehead atoms. The molecule has 0 unspecified atom stereocenters. The minimum atomic E-state index is -0.0646. The second-order valence-electron chi connectivity index (χ2n) is 8.92. The maximum absolute atomic E-state index is 11.7. The predicted molar refractivity (Wildman–Crippen MR) is 149 cm³/mol. The number of nitrogens with one attached hydrogen (secondary N) is 2. The summed E-state index contributed by atoms with van der Waals surface area (Å²) in [6, 6.07) is 35.5. The smallest absolute Gasteiger partial charge is 0.249 e. The summed E-state index contributed by atoms with van der Waals surface area (Å²) in [4.78, 5) is 29.2. The van der Waals surface area contributed by atoms with Gasteiger partial charge in [-0.15, -0.1) is 0 Å². The Labute approximate surface area is 208 Å². The van der Waals surface area contributed by atoms with E-state index in [2.05, 4.69) is 35.9 Å². The third kappa shape index (κ3) is 4.89. The average molecular weight is 471 g/mol. The van der Waals surface area contributed by atoms with E-state index in [1.807, 2.05) is 84.9 Å². The van der Waals surface area contributed by atoms with Gasteiger partial charge in [0.05, 0.1) is 0 Å². The number of hydrogen-bond donors (Lipinski definition) is 2. The van der Waals surface area contributed by atoms with Crippen LogP contribution in [0, 0.1) is 13.8 Å². The summed E-state index contributed by atoms with van der Waals surface area (Å²) >= 11 is 0. The van der Waals surface area contributed by atoms with Gasteiger partial charge in [-0.2, -0.15) is 0 Å². The SMILES string of the molecule is Cc1ccc2[nH]c(=O)cc(-c3ccccc3)c2c1.Cc1ccc2[nH]c(=O)cc(-c3ccccc3)c2c1. The average Bonchev–Trinajstić information content (AvgIpc) is 2.90. The third-order valence-corrected chi connectivity index (χ3v) is 6.17. The molecule has 4 nitrogen and oxygen atoms in total. The fourth-order valence-corrected chi connectivity index (χ4v) is 4.45. The van der Waals surface area contributed by atoms with Gasteiger partial charge in [-0.1, -0.05) is 83.9 Å². The normalized spacial score (nSPS) is 10.7. The van der Waals surface area contributed by atoms with E-state index >= 15 is 0 Å². The maximum atomic E-state index is 11.7. The first-order valence-corrected chi connectivity index (χ1v) is 11.9. The monoisotopic (exact) mass is 470 g/mol. The minimum absolute atomic E-state index is 0.0646. The number of pyridine rings is 2. The van der Waals surface area contributed by atoms with Gasteiger partial charge in [-0.05, 0) is 60.4 Å². The van der Waals surface area contributed by atoms with Gasteiger partial charge in [0.1, 0.15) is 0 Å². The van der Waals surface area contributed by atoms with E-state index in [9.17, 15) is 9.59 Å². The topological polar surface area (TPSA) is 65.7 Å². The molecular formula is C32H26N2O2. The van der Waals surface area contributed by atoms with Gasteiger partial charge in [0.15, 0.2) is 0 Å². The van der Waals surface area contributed by atoms with E-state index in [-0.39, 0.29) is 11.1 Å². The lowest BCUT2D eigenvalue weighted by atomic mass is 10.0. The van der Waals surface area contributed by atoms with Crippen LogP contribution in [0.15, 0.2) is 119 Å². The molecule has 0 aliphatic heterocycles. The number of fused-ring (bicyclic) bond motifs is 2. The zero-order chi connectivity index (χ0) is 25.1. The van der Waals surface area contributed by atoms with Gasteiger partial charge in [0.2, 0.25) is 11.1 Å². The molecule has 0 aliphatic rings. The highest BCUT2D eigenvalue weighted by molar-refractivity contribution is 5.95. The summed E-state index contributed by atoms with van der Waals surface area (Å²) in [7, 11) is 0. The lowest BCUT2D eigenvalue weighted by Crippen LogP contribution is -2.04. The molecule has 0 amide bonds. The molecule has 0 radical (unpaired) electrons. The van der Waals surface area contributed by atoms with E-state index in [1.165, 1.54) is 11.1 Å². The van der Waals surface area contributed by atoms with Crippen molar-refractivity contribution in [1.82, 2.24) is 9.97 Å². The Morgan fingerprint density at radius 1 is 0.472 bits per heavy atom. The highest BCUT2D eigenvalue weighted by Gasteiger charge is 2.07. The molecule has 0 saturated carbocycles. The van der Waals surface area contributed by atoms with Crippen LogP contribution in [0.1, 0.15) is 11.1 Å². The van der Waals surface area contributed by atoms with Crippen molar-refractivity contribution in [1.29, 1.82) is 0 Å². The number of H-pyrrole nitrogens is 2. The summed E-state index contributed by atoms with van der Waals surface area (Å²) in [5.41, 5.74) is 8.11. The molecule has 0 saturated heterocycles. The van der Waals surface area contributed by atoms with Crippen molar-refractivity contribution in [2.75, 3.05) is 0 Å². The van der Waals surface area contributed by atoms with Gasteiger partial charge < -0.3 is 9.97 Å². The Balaban J connectivity index is 0.000000148. The number of aryl methyl sites for hydroxylation is 2. The lowest BCUT2D eigenvalue weighted by molar-refractivity contribution is 1.30. The first-order chi connectivity index (χ1) is 17.5. The van der Waals surface area contributed by atoms with Crippen LogP contribution in [0.2, 0.25) is 0 Å². The van der Waals surface area contributed by atoms with E-state index in [0.29, 0.717) is 0 Å². The van der Waals surface area contributed by atoms with Crippen molar-refractivity contribution in [2.45, 2.75) is 13.8 Å². The van der Waals surface area contributed by atoms with Gasteiger partial charge in [-0.25, -0.2) is 0 Å². The van der Waals surface area contributed by atoms with Gasteiger partial charge in [0, 0.05) is 33.9 Å². The maximum Gasteiger partial charge on any atom is 0.249 e. The van der Waals surface area contributed by atoms with Crippen molar-refractivity contribution in [3.63, 3.8) is 0 Å². The second-order valence-corrected chi connectivity index (χ2v) is 8.92. The van der Waals surface area contributed by atoms with Crippen LogP contribution >= 0.6 is 0 Å². The fraction of sp³-hybridized carbons (Fsp3) is 0.0625. The number of hydrogen-bond acceptors (Lipinski definition) is 2. The Hall–Kier alpha value is -4.70. The van der Waals surface area contributed by atoms with Crippen LogP contribution in [0.3, 0.4) is 0 Å². The van der Waals surface area contributed by atoms with Crippen LogP contribution in [-0.2, 0) is 0 Å². The minimum Gasteiger partial charge on any atom is -0.322 e. The molecule has 6 aromatic rings. The van der Waals surface area contributed by atoms with Crippen LogP contribution < -0.4 is 11.1 Å². The molecule has 0 aliphatic carbocycles. The molecule has 36 heavy (non-hydrogen) atoms. The van der Waals surface area contributed by atoms with Crippen molar-refractivity contribution in [3.8, 4) is 22.3 Å². The summed E-state index contributed by atoms with van der Waals surface area (Å²) in [6.45, 7) is 4.11. The Morgan fingerprint density at radius 2 is 0.861 bits per heavy atom. The predicted octanol–water partition coefficient (Wildman–Crippen LogP) is 7.01. The first kappa shape index (κ1) is 23.1. The van der Waals surface area contributed by atoms with Gasteiger partial charge in [-0.3, -0.25) is 9.59 Å². The van der Waals surface area contributed by atoms with E-state index in [1.54, 1.807) is 12.1 Å². The first-order valence-electron chi connectivity index (χ1n) is 11.9. The number of aromatic amines is 2. The quantitative estimate of drug-likeness (QED) is 0.286. The fourth-order valence-electron chi connectivity index (χ4n) is 4.45. The molecule has 2 N–H and O–H groups in total. The van der Waals surface area contributed by atoms with E-state index < -0.39 is 0 Å². The van der Waals surface area contributed by atoms with Crippen LogP contribution in [-0.4, -0.2) is 9.97 Å². The molecule has 0 spiro atoms. The molecule has 2 heterocycles. The van der Waals surface area contributed by atoms with Crippen LogP contribution in [0.5, 0.6) is 0 Å². The van der Waals surface area contributed by atoms with Gasteiger partial charge in [0.25, 0.3) is 0 Å². The second kappa shape index (κ2) is 9.88. The molecule has 4 aromatic carbocycles. The van der Waals surface area contributed by atoms with Crippen molar-refractivity contribution >= 4 is 21.8 Å². The Kier molecular flexibility index (Phi) is 6.33. The molecule has 6 rings (SSSR count). The zero-order valence-corrected chi connectivity index (χ0v) is 20.2.